The number of sulfonamides is 1. The van der Waals surface area contributed by atoms with E-state index in [1.165, 1.54) is 16.1 Å². The molecule has 1 saturated heterocycles. The molecular formula is C17H27N3O4S. The maximum absolute atomic E-state index is 12.2. The summed E-state index contributed by atoms with van der Waals surface area (Å²) < 4.78 is 30.1. The number of rotatable bonds is 6. The number of likely N-dealkylation sites (N-methyl/N-ethyl adjacent to an activating group) is 1. The van der Waals surface area contributed by atoms with Crippen molar-refractivity contribution in [1.82, 2.24) is 14.5 Å². The minimum absolute atomic E-state index is 0.00552. The lowest BCUT2D eigenvalue weighted by molar-refractivity contribution is 0.186. The fourth-order valence-corrected chi connectivity index (χ4v) is 3.53. The summed E-state index contributed by atoms with van der Waals surface area (Å²) in [6.07, 6.45) is 2.48. The minimum Gasteiger partial charge on any atom is -0.492 e. The van der Waals surface area contributed by atoms with Crippen LogP contribution in [0.25, 0.3) is 0 Å². The second-order valence-electron chi connectivity index (χ2n) is 6.47. The van der Waals surface area contributed by atoms with Crippen LogP contribution in [0.15, 0.2) is 24.3 Å². The zero-order valence-corrected chi connectivity index (χ0v) is 15.9. The highest BCUT2D eigenvalue weighted by atomic mass is 32.2. The Morgan fingerprint density at radius 1 is 1.28 bits per heavy atom. The predicted octanol–water partition coefficient (Wildman–Crippen LogP) is 1.44. The molecule has 1 aliphatic heterocycles. The van der Waals surface area contributed by atoms with E-state index in [1.807, 2.05) is 31.2 Å². The van der Waals surface area contributed by atoms with Gasteiger partial charge in [-0.2, -0.15) is 0 Å². The van der Waals surface area contributed by atoms with Crippen LogP contribution in [0.1, 0.15) is 18.4 Å². The fourth-order valence-electron chi connectivity index (χ4n) is 2.65. The highest BCUT2D eigenvalue weighted by Gasteiger charge is 2.26. The largest absolute Gasteiger partial charge is 0.492 e. The molecule has 0 radical (unpaired) electrons. The van der Waals surface area contributed by atoms with Crippen LogP contribution in [-0.2, 0) is 10.0 Å². The van der Waals surface area contributed by atoms with Crippen molar-refractivity contribution in [3.05, 3.63) is 29.8 Å². The summed E-state index contributed by atoms with van der Waals surface area (Å²) in [7, 11) is -1.42. The number of carbonyl (C=O) groups excluding carboxylic acids is 1. The van der Waals surface area contributed by atoms with Crippen LogP contribution in [-0.4, -0.2) is 69.2 Å². The van der Waals surface area contributed by atoms with Crippen LogP contribution in [0, 0.1) is 6.92 Å². The normalized spacial score (nSPS) is 16.4. The SMILES string of the molecule is Cc1ccc(OCCN(C)C(=O)NC2CCN(S(C)(=O)=O)CC2)cc1. The van der Waals surface area contributed by atoms with Gasteiger partial charge in [-0.05, 0) is 31.9 Å². The molecule has 140 valence electrons. The van der Waals surface area contributed by atoms with Crippen molar-refractivity contribution in [1.29, 1.82) is 0 Å². The summed E-state index contributed by atoms with van der Waals surface area (Å²) in [5.41, 5.74) is 1.17. The monoisotopic (exact) mass is 369 g/mol. The molecule has 0 aliphatic carbocycles. The van der Waals surface area contributed by atoms with Crippen LogP contribution in [0.2, 0.25) is 0 Å². The van der Waals surface area contributed by atoms with Crippen molar-refractivity contribution >= 4 is 16.1 Å². The Kier molecular flexibility index (Phi) is 6.66. The van der Waals surface area contributed by atoms with E-state index in [4.69, 9.17) is 4.74 Å². The van der Waals surface area contributed by atoms with E-state index < -0.39 is 10.0 Å². The number of amides is 2. The summed E-state index contributed by atoms with van der Waals surface area (Å²) in [6, 6.07) is 7.62. The molecule has 2 rings (SSSR count). The van der Waals surface area contributed by atoms with E-state index in [9.17, 15) is 13.2 Å². The lowest BCUT2D eigenvalue weighted by Crippen LogP contribution is -2.49. The van der Waals surface area contributed by atoms with Crippen LogP contribution in [0.4, 0.5) is 4.79 Å². The highest BCUT2D eigenvalue weighted by molar-refractivity contribution is 7.88. The first-order valence-electron chi connectivity index (χ1n) is 8.42. The topological polar surface area (TPSA) is 79.0 Å². The van der Waals surface area contributed by atoms with Crippen molar-refractivity contribution in [2.45, 2.75) is 25.8 Å². The summed E-state index contributed by atoms with van der Waals surface area (Å²) >= 11 is 0. The number of nitrogens with zero attached hydrogens (tertiary/aromatic N) is 2. The van der Waals surface area contributed by atoms with Gasteiger partial charge in [-0.15, -0.1) is 0 Å². The molecule has 1 heterocycles. The van der Waals surface area contributed by atoms with Gasteiger partial charge < -0.3 is 15.0 Å². The van der Waals surface area contributed by atoms with Gasteiger partial charge in [0.1, 0.15) is 12.4 Å². The number of urea groups is 1. The van der Waals surface area contributed by atoms with E-state index in [0.29, 0.717) is 39.1 Å². The molecular weight excluding hydrogens is 342 g/mol. The number of nitrogens with one attached hydrogen (secondary N) is 1. The second-order valence-corrected chi connectivity index (χ2v) is 8.45. The average molecular weight is 369 g/mol. The van der Waals surface area contributed by atoms with E-state index in [2.05, 4.69) is 5.32 Å². The Morgan fingerprint density at radius 3 is 2.44 bits per heavy atom. The molecule has 1 fully saturated rings. The molecule has 1 aliphatic rings. The third-order valence-electron chi connectivity index (χ3n) is 4.31. The second kappa shape index (κ2) is 8.53. The summed E-state index contributed by atoms with van der Waals surface area (Å²) in [4.78, 5) is 13.8. The van der Waals surface area contributed by atoms with Crippen molar-refractivity contribution in [2.75, 3.05) is 39.5 Å². The van der Waals surface area contributed by atoms with Gasteiger partial charge in [0, 0.05) is 26.2 Å². The number of benzene rings is 1. The third-order valence-corrected chi connectivity index (χ3v) is 5.62. The molecule has 0 spiro atoms. The summed E-state index contributed by atoms with van der Waals surface area (Å²) in [5, 5.41) is 2.96. The van der Waals surface area contributed by atoms with Gasteiger partial charge in [0.05, 0.1) is 12.8 Å². The Hall–Kier alpha value is -1.80. The quantitative estimate of drug-likeness (QED) is 0.823. The van der Waals surface area contributed by atoms with Crippen LogP contribution >= 0.6 is 0 Å². The maximum Gasteiger partial charge on any atom is 0.317 e. The molecule has 0 unspecified atom stereocenters. The van der Waals surface area contributed by atoms with Crippen molar-refractivity contribution in [3.8, 4) is 5.75 Å². The molecule has 0 saturated carbocycles. The first-order chi connectivity index (χ1) is 11.8. The van der Waals surface area contributed by atoms with E-state index >= 15 is 0 Å². The molecule has 1 aromatic carbocycles. The average Bonchev–Trinajstić information content (AvgIpc) is 2.56. The first kappa shape index (κ1) is 19.5. The maximum atomic E-state index is 12.2. The van der Waals surface area contributed by atoms with Crippen LogP contribution < -0.4 is 10.1 Å². The van der Waals surface area contributed by atoms with Gasteiger partial charge in [0.25, 0.3) is 0 Å². The highest BCUT2D eigenvalue weighted by Crippen LogP contribution is 2.14. The van der Waals surface area contributed by atoms with E-state index in [1.54, 1.807) is 11.9 Å². The summed E-state index contributed by atoms with van der Waals surface area (Å²) in [5.74, 6) is 0.785. The smallest absolute Gasteiger partial charge is 0.317 e. The molecule has 7 nitrogen and oxygen atoms in total. The fraction of sp³-hybridized carbons (Fsp3) is 0.588. The van der Waals surface area contributed by atoms with Gasteiger partial charge in [0.2, 0.25) is 10.0 Å². The number of ether oxygens (including phenoxy) is 1. The van der Waals surface area contributed by atoms with Gasteiger partial charge in [-0.1, -0.05) is 17.7 Å². The van der Waals surface area contributed by atoms with Crippen LogP contribution in [0.3, 0.4) is 0 Å². The Labute approximate surface area is 150 Å². The van der Waals surface area contributed by atoms with Gasteiger partial charge in [-0.3, -0.25) is 0 Å². The van der Waals surface area contributed by atoms with Crippen molar-refractivity contribution < 1.29 is 17.9 Å². The molecule has 0 bridgehead atoms. The molecule has 0 aromatic heterocycles. The van der Waals surface area contributed by atoms with Crippen molar-refractivity contribution in [3.63, 3.8) is 0 Å². The number of aryl methyl sites for hydroxylation is 1. The lowest BCUT2D eigenvalue weighted by atomic mass is 10.1. The molecule has 0 atom stereocenters. The standard InChI is InChI=1S/C17H27N3O4S/c1-14-4-6-16(7-5-14)24-13-12-19(2)17(21)18-15-8-10-20(11-9-15)25(3,22)23/h4-7,15H,8-13H2,1-3H3,(H,18,21). The minimum atomic E-state index is -3.14. The number of hydrogen-bond donors (Lipinski definition) is 1. The summed E-state index contributed by atoms with van der Waals surface area (Å²) in [6.45, 7) is 3.80. The Bertz CT molecular complexity index is 668. The number of carbonyl (C=O) groups is 1. The molecule has 1 aromatic rings. The zero-order chi connectivity index (χ0) is 18.4. The van der Waals surface area contributed by atoms with Crippen molar-refractivity contribution in [2.24, 2.45) is 0 Å². The van der Waals surface area contributed by atoms with Gasteiger partial charge in [0.15, 0.2) is 0 Å². The third kappa shape index (κ3) is 6.21. The first-order valence-corrected chi connectivity index (χ1v) is 10.3. The van der Waals surface area contributed by atoms with E-state index in [0.717, 1.165) is 5.75 Å². The Balaban J connectivity index is 1.69. The number of piperidine rings is 1. The van der Waals surface area contributed by atoms with E-state index in [-0.39, 0.29) is 12.1 Å². The molecule has 25 heavy (non-hydrogen) atoms. The number of hydrogen-bond acceptors (Lipinski definition) is 4. The zero-order valence-electron chi connectivity index (χ0n) is 15.1. The van der Waals surface area contributed by atoms with Crippen LogP contribution in [0.5, 0.6) is 5.75 Å². The Morgan fingerprint density at radius 2 is 1.88 bits per heavy atom. The lowest BCUT2D eigenvalue weighted by Gasteiger charge is -2.31. The molecule has 1 N–H and O–H groups in total. The molecule has 8 heteroatoms. The van der Waals surface area contributed by atoms with Gasteiger partial charge in [-0.25, -0.2) is 17.5 Å². The molecule has 2 amide bonds. The predicted molar refractivity (Wildman–Crippen MR) is 97.3 cm³/mol. The van der Waals surface area contributed by atoms with Gasteiger partial charge >= 0.3 is 6.03 Å².